The van der Waals surface area contributed by atoms with E-state index in [-0.39, 0.29) is 11.7 Å². The van der Waals surface area contributed by atoms with Crippen molar-refractivity contribution in [2.75, 3.05) is 6.61 Å². The zero-order chi connectivity index (χ0) is 13.2. The molecule has 3 nitrogen and oxygen atoms in total. The van der Waals surface area contributed by atoms with Crippen LogP contribution in [0.25, 0.3) is 0 Å². The van der Waals surface area contributed by atoms with E-state index < -0.39 is 0 Å². The first-order valence-electron chi connectivity index (χ1n) is 6.64. The van der Waals surface area contributed by atoms with Crippen molar-refractivity contribution in [3.8, 4) is 5.75 Å². The van der Waals surface area contributed by atoms with Gasteiger partial charge in [0.25, 0.3) is 0 Å². The molecule has 1 aliphatic heterocycles. The van der Waals surface area contributed by atoms with Crippen molar-refractivity contribution in [1.82, 2.24) is 0 Å². The Kier molecular flexibility index (Phi) is 3.11. The summed E-state index contributed by atoms with van der Waals surface area (Å²) >= 11 is 0. The topological polar surface area (TPSA) is 39.4 Å². The minimum Gasteiger partial charge on any atom is -0.493 e. The number of hydrogen-bond acceptors (Lipinski definition) is 3. The molecule has 2 aromatic rings. The monoisotopic (exact) mass is 256 g/mol. The van der Waals surface area contributed by atoms with Crippen LogP contribution in [0.2, 0.25) is 0 Å². The van der Waals surface area contributed by atoms with Gasteiger partial charge in [-0.1, -0.05) is 25.1 Å². The Labute approximate surface area is 112 Å². The maximum atomic E-state index is 12.5. The lowest BCUT2D eigenvalue weighted by atomic mass is 9.88. The third kappa shape index (κ3) is 2.16. The predicted octanol–water partition coefficient (Wildman–Crippen LogP) is 3.59. The summed E-state index contributed by atoms with van der Waals surface area (Å²) in [4.78, 5) is 12.5. The fraction of sp³-hybridized carbons (Fsp3) is 0.312. The number of benzene rings is 1. The molecule has 3 rings (SSSR count). The molecule has 19 heavy (non-hydrogen) atoms. The number of hydrogen-bond donors (Lipinski definition) is 0. The van der Waals surface area contributed by atoms with Crippen LogP contribution in [0.15, 0.2) is 40.8 Å². The molecule has 2 heterocycles. The summed E-state index contributed by atoms with van der Waals surface area (Å²) in [5.74, 6) is 2.02. The van der Waals surface area contributed by atoms with Crippen LogP contribution < -0.4 is 4.74 Å². The minimum atomic E-state index is -0.152. The molecule has 98 valence electrons. The third-order valence-corrected chi connectivity index (χ3v) is 3.53. The van der Waals surface area contributed by atoms with Gasteiger partial charge in [-0.2, -0.15) is 0 Å². The van der Waals surface area contributed by atoms with E-state index in [4.69, 9.17) is 9.15 Å². The van der Waals surface area contributed by atoms with Gasteiger partial charge in [-0.3, -0.25) is 4.79 Å². The van der Waals surface area contributed by atoms with Crippen molar-refractivity contribution in [3.63, 3.8) is 0 Å². The Hall–Kier alpha value is -2.03. The third-order valence-electron chi connectivity index (χ3n) is 3.53. The molecule has 1 unspecified atom stereocenters. The summed E-state index contributed by atoms with van der Waals surface area (Å²) in [5.41, 5.74) is 0.966. The first-order chi connectivity index (χ1) is 9.29. The SMILES string of the molecule is CCc1ccc(C(=O)C2CCOc3ccccc32)o1. The fourth-order valence-electron chi connectivity index (χ4n) is 2.49. The minimum absolute atomic E-state index is 0.0513. The van der Waals surface area contributed by atoms with Gasteiger partial charge < -0.3 is 9.15 Å². The number of rotatable bonds is 3. The summed E-state index contributed by atoms with van der Waals surface area (Å²) in [5, 5.41) is 0. The predicted molar refractivity (Wildman–Crippen MR) is 71.7 cm³/mol. The number of carbonyl (C=O) groups excluding carboxylic acids is 1. The van der Waals surface area contributed by atoms with Gasteiger partial charge in [-0.05, 0) is 24.6 Å². The lowest BCUT2D eigenvalue weighted by Crippen LogP contribution is -2.21. The molecule has 1 aromatic heterocycles. The molecule has 0 aliphatic carbocycles. The van der Waals surface area contributed by atoms with Crippen molar-refractivity contribution in [2.24, 2.45) is 0 Å². The van der Waals surface area contributed by atoms with Gasteiger partial charge in [0.1, 0.15) is 11.5 Å². The maximum Gasteiger partial charge on any atom is 0.205 e. The Morgan fingerprint density at radius 1 is 1.26 bits per heavy atom. The largest absolute Gasteiger partial charge is 0.493 e. The molecule has 0 saturated heterocycles. The normalized spacial score (nSPS) is 17.6. The van der Waals surface area contributed by atoms with Crippen molar-refractivity contribution in [2.45, 2.75) is 25.7 Å². The van der Waals surface area contributed by atoms with E-state index in [9.17, 15) is 4.79 Å². The van der Waals surface area contributed by atoms with Crippen molar-refractivity contribution in [3.05, 3.63) is 53.5 Å². The second-order valence-electron chi connectivity index (χ2n) is 4.71. The molecule has 3 heteroatoms. The van der Waals surface area contributed by atoms with Crippen LogP contribution in [0.4, 0.5) is 0 Å². The molecule has 0 spiro atoms. The fourth-order valence-corrected chi connectivity index (χ4v) is 2.49. The van der Waals surface area contributed by atoms with Gasteiger partial charge >= 0.3 is 0 Å². The van der Waals surface area contributed by atoms with Gasteiger partial charge in [0.15, 0.2) is 5.76 Å². The number of furan rings is 1. The Bertz CT molecular complexity index is 598. The molecule has 1 aliphatic rings. The number of ether oxygens (including phenoxy) is 1. The smallest absolute Gasteiger partial charge is 0.205 e. The number of fused-ring (bicyclic) bond motifs is 1. The molecule has 0 N–H and O–H groups in total. The summed E-state index contributed by atoms with van der Waals surface area (Å²) in [6, 6.07) is 11.4. The van der Waals surface area contributed by atoms with E-state index in [1.807, 2.05) is 37.3 Å². The van der Waals surface area contributed by atoms with Crippen LogP contribution in [0.5, 0.6) is 5.75 Å². The molecular formula is C16H16O3. The quantitative estimate of drug-likeness (QED) is 0.788. The van der Waals surface area contributed by atoms with Crippen LogP contribution in [0.3, 0.4) is 0 Å². The number of Topliss-reactive ketones (excluding diaryl/α,β-unsaturated/α-hetero) is 1. The molecule has 0 fully saturated rings. The summed E-state index contributed by atoms with van der Waals surface area (Å²) in [6.07, 6.45) is 1.51. The Balaban J connectivity index is 1.93. The second kappa shape index (κ2) is 4.92. The molecule has 0 bridgehead atoms. The van der Waals surface area contributed by atoms with Gasteiger partial charge in [0, 0.05) is 12.0 Å². The molecule has 0 radical (unpaired) electrons. The average Bonchev–Trinajstić information content (AvgIpc) is 2.95. The summed E-state index contributed by atoms with van der Waals surface area (Å²) in [7, 11) is 0. The summed E-state index contributed by atoms with van der Waals surface area (Å²) in [6.45, 7) is 2.59. The highest BCUT2D eigenvalue weighted by molar-refractivity contribution is 5.99. The van der Waals surface area contributed by atoms with E-state index in [0.29, 0.717) is 18.8 Å². The molecule has 0 saturated carbocycles. The first kappa shape index (κ1) is 12.0. The van der Waals surface area contributed by atoms with E-state index in [1.54, 1.807) is 6.07 Å². The average molecular weight is 256 g/mol. The van der Waals surface area contributed by atoms with Crippen LogP contribution in [-0.4, -0.2) is 12.4 Å². The van der Waals surface area contributed by atoms with Crippen molar-refractivity contribution in [1.29, 1.82) is 0 Å². The first-order valence-corrected chi connectivity index (χ1v) is 6.64. The Morgan fingerprint density at radius 3 is 2.89 bits per heavy atom. The highest BCUT2D eigenvalue weighted by Gasteiger charge is 2.29. The number of para-hydroxylation sites is 1. The van der Waals surface area contributed by atoms with Crippen LogP contribution >= 0.6 is 0 Å². The standard InChI is InChI=1S/C16H16O3/c1-2-11-7-8-15(19-11)16(17)13-9-10-18-14-6-4-3-5-12(13)14/h3-8,13H,2,9-10H2,1H3. The van der Waals surface area contributed by atoms with E-state index in [0.717, 1.165) is 23.5 Å². The van der Waals surface area contributed by atoms with Crippen LogP contribution in [0, 0.1) is 0 Å². The highest BCUT2D eigenvalue weighted by Crippen LogP contribution is 2.35. The van der Waals surface area contributed by atoms with Crippen LogP contribution in [0.1, 0.15) is 41.1 Å². The zero-order valence-electron chi connectivity index (χ0n) is 10.9. The molecule has 0 amide bonds. The summed E-state index contributed by atoms with van der Waals surface area (Å²) < 4.78 is 11.2. The highest BCUT2D eigenvalue weighted by atomic mass is 16.5. The van der Waals surface area contributed by atoms with Gasteiger partial charge in [0.2, 0.25) is 5.78 Å². The number of ketones is 1. The van der Waals surface area contributed by atoms with E-state index >= 15 is 0 Å². The molecular weight excluding hydrogens is 240 g/mol. The van der Waals surface area contributed by atoms with Crippen molar-refractivity contribution >= 4 is 5.78 Å². The van der Waals surface area contributed by atoms with Crippen LogP contribution in [-0.2, 0) is 6.42 Å². The van der Waals surface area contributed by atoms with E-state index in [1.165, 1.54) is 0 Å². The zero-order valence-corrected chi connectivity index (χ0v) is 10.9. The molecule has 1 atom stereocenters. The number of aryl methyl sites for hydroxylation is 1. The lowest BCUT2D eigenvalue weighted by molar-refractivity contribution is 0.0903. The Morgan fingerprint density at radius 2 is 2.11 bits per heavy atom. The van der Waals surface area contributed by atoms with Gasteiger partial charge in [-0.25, -0.2) is 0 Å². The second-order valence-corrected chi connectivity index (χ2v) is 4.71. The van der Waals surface area contributed by atoms with E-state index in [2.05, 4.69) is 0 Å². The number of carbonyl (C=O) groups is 1. The molecule has 1 aromatic carbocycles. The maximum absolute atomic E-state index is 12.5. The van der Waals surface area contributed by atoms with Gasteiger partial charge in [0.05, 0.1) is 12.5 Å². The van der Waals surface area contributed by atoms with Gasteiger partial charge in [-0.15, -0.1) is 0 Å². The van der Waals surface area contributed by atoms with Crippen molar-refractivity contribution < 1.29 is 13.9 Å². The lowest BCUT2D eigenvalue weighted by Gasteiger charge is -2.24.